The van der Waals surface area contributed by atoms with E-state index in [1.54, 1.807) is 26.0 Å². The molecule has 1 aromatic carbocycles. The van der Waals surface area contributed by atoms with E-state index in [4.69, 9.17) is 11.6 Å². The van der Waals surface area contributed by atoms with Crippen LogP contribution in [0.3, 0.4) is 0 Å². The molecule has 0 aliphatic heterocycles. The van der Waals surface area contributed by atoms with Crippen LogP contribution in [0.1, 0.15) is 43.6 Å². The van der Waals surface area contributed by atoms with Crippen molar-refractivity contribution in [2.75, 3.05) is 0 Å². The zero-order valence-corrected chi connectivity index (χ0v) is 13.0. The van der Waals surface area contributed by atoms with Gasteiger partial charge in [0.15, 0.2) is 0 Å². The van der Waals surface area contributed by atoms with Gasteiger partial charge in [0.2, 0.25) is 0 Å². The third-order valence-electron chi connectivity index (χ3n) is 3.30. The Morgan fingerprint density at radius 2 is 1.80 bits per heavy atom. The van der Waals surface area contributed by atoms with Crippen LogP contribution in [0.5, 0.6) is 0 Å². The van der Waals surface area contributed by atoms with Crippen molar-refractivity contribution in [3.8, 4) is 0 Å². The van der Waals surface area contributed by atoms with Crippen molar-refractivity contribution in [3.05, 3.63) is 55.2 Å². The maximum absolute atomic E-state index is 11.5. The lowest BCUT2D eigenvalue weighted by Gasteiger charge is -2.17. The number of halogens is 1. The van der Waals surface area contributed by atoms with Crippen molar-refractivity contribution in [2.24, 2.45) is 0 Å². The lowest BCUT2D eigenvalue weighted by molar-refractivity contribution is 0.0690. The van der Waals surface area contributed by atoms with E-state index in [0.29, 0.717) is 20.3 Å². The summed E-state index contributed by atoms with van der Waals surface area (Å²) in [4.78, 5) is 12.1. The number of hydrogen-bond acceptors (Lipinski definition) is 3. The molecule has 0 bridgehead atoms. The average Bonchev–Trinajstić information content (AvgIpc) is 2.71. The Kier molecular flexibility index (Phi) is 4.18. The predicted molar refractivity (Wildman–Crippen MR) is 81.0 cm³/mol. The molecule has 0 spiro atoms. The van der Waals surface area contributed by atoms with Crippen LogP contribution >= 0.6 is 22.9 Å². The fraction of sp³-hybridized carbons (Fsp3) is 0.267. The van der Waals surface area contributed by atoms with Gasteiger partial charge in [0.25, 0.3) is 0 Å². The quantitative estimate of drug-likeness (QED) is 0.897. The zero-order chi connectivity index (χ0) is 15.0. The third kappa shape index (κ3) is 2.59. The summed E-state index contributed by atoms with van der Waals surface area (Å²) >= 11 is 7.30. The lowest BCUT2D eigenvalue weighted by Crippen LogP contribution is -2.11. The van der Waals surface area contributed by atoms with Crippen molar-refractivity contribution in [1.29, 1.82) is 0 Å². The average molecular weight is 311 g/mol. The van der Waals surface area contributed by atoms with Crippen LogP contribution < -0.4 is 0 Å². The molecular weight excluding hydrogens is 296 g/mol. The van der Waals surface area contributed by atoms with E-state index in [0.717, 1.165) is 11.1 Å². The van der Waals surface area contributed by atoms with Crippen molar-refractivity contribution < 1.29 is 15.0 Å². The molecule has 2 aromatic rings. The van der Waals surface area contributed by atoms with Gasteiger partial charge in [0, 0.05) is 10.4 Å². The Morgan fingerprint density at radius 1 is 1.20 bits per heavy atom. The third-order valence-corrected chi connectivity index (χ3v) is 4.91. The van der Waals surface area contributed by atoms with Crippen LogP contribution in [-0.4, -0.2) is 16.2 Å². The van der Waals surface area contributed by atoms with E-state index in [1.165, 1.54) is 11.3 Å². The number of aliphatic hydroxyl groups excluding tert-OH is 1. The van der Waals surface area contributed by atoms with Crippen molar-refractivity contribution >= 4 is 28.9 Å². The van der Waals surface area contributed by atoms with Crippen molar-refractivity contribution in [1.82, 2.24) is 0 Å². The Balaban J connectivity index is 2.62. The molecule has 0 aliphatic rings. The minimum absolute atomic E-state index is 0.166. The van der Waals surface area contributed by atoms with Crippen LogP contribution in [0.4, 0.5) is 0 Å². The van der Waals surface area contributed by atoms with Crippen LogP contribution in [-0.2, 0) is 0 Å². The maximum atomic E-state index is 11.5. The first-order chi connectivity index (χ1) is 9.32. The SMILES string of the molecule is Cc1cc(C(O)c2c(C)ccc(C)c2C(=O)O)sc1Cl. The van der Waals surface area contributed by atoms with Gasteiger partial charge >= 0.3 is 5.97 Å². The molecule has 1 heterocycles. The first-order valence-corrected chi connectivity index (χ1v) is 7.29. The highest BCUT2D eigenvalue weighted by Crippen LogP contribution is 2.37. The fourth-order valence-electron chi connectivity index (χ4n) is 2.23. The summed E-state index contributed by atoms with van der Waals surface area (Å²) in [6.07, 6.45) is -0.975. The lowest BCUT2D eigenvalue weighted by atomic mass is 9.92. The second-order valence-electron chi connectivity index (χ2n) is 4.80. The molecule has 0 amide bonds. The number of aryl methyl sites for hydroxylation is 3. The number of carboxylic acids is 1. The summed E-state index contributed by atoms with van der Waals surface area (Å²) in [6.45, 7) is 5.38. The largest absolute Gasteiger partial charge is 0.478 e. The first-order valence-electron chi connectivity index (χ1n) is 6.10. The van der Waals surface area contributed by atoms with Crippen LogP contribution in [0.15, 0.2) is 18.2 Å². The van der Waals surface area contributed by atoms with Gasteiger partial charge in [0.1, 0.15) is 6.10 Å². The molecule has 0 fully saturated rings. The van der Waals surface area contributed by atoms with E-state index in [9.17, 15) is 15.0 Å². The number of aliphatic hydroxyl groups is 1. The number of rotatable bonds is 3. The summed E-state index contributed by atoms with van der Waals surface area (Å²) in [5.41, 5.74) is 2.88. The second kappa shape index (κ2) is 5.56. The summed E-state index contributed by atoms with van der Waals surface area (Å²) in [6, 6.07) is 5.37. The Hall–Kier alpha value is -1.36. The Bertz CT molecular complexity index is 656. The monoisotopic (exact) mass is 310 g/mol. The molecule has 1 aromatic heterocycles. The Labute approximate surface area is 126 Å². The van der Waals surface area contributed by atoms with E-state index < -0.39 is 12.1 Å². The van der Waals surface area contributed by atoms with Gasteiger partial charge in [-0.15, -0.1) is 11.3 Å². The number of thiophene rings is 1. The highest BCUT2D eigenvalue weighted by molar-refractivity contribution is 7.16. The summed E-state index contributed by atoms with van der Waals surface area (Å²) in [5.74, 6) is -1.03. The topological polar surface area (TPSA) is 57.5 Å². The molecule has 1 atom stereocenters. The van der Waals surface area contributed by atoms with Crippen LogP contribution in [0.2, 0.25) is 4.34 Å². The molecule has 5 heteroatoms. The Morgan fingerprint density at radius 3 is 2.30 bits per heavy atom. The fourth-order valence-corrected chi connectivity index (χ4v) is 3.44. The number of hydrogen-bond donors (Lipinski definition) is 2. The number of carbonyl (C=O) groups is 1. The summed E-state index contributed by atoms with van der Waals surface area (Å²) in [7, 11) is 0. The zero-order valence-electron chi connectivity index (χ0n) is 11.4. The minimum atomic E-state index is -1.03. The van der Waals surface area contributed by atoms with Gasteiger partial charge in [0.05, 0.1) is 9.90 Å². The molecule has 2 rings (SSSR count). The van der Waals surface area contributed by atoms with E-state index in [1.807, 2.05) is 13.0 Å². The number of benzene rings is 1. The molecule has 106 valence electrons. The van der Waals surface area contributed by atoms with Crippen LogP contribution in [0, 0.1) is 20.8 Å². The van der Waals surface area contributed by atoms with E-state index in [-0.39, 0.29) is 5.56 Å². The number of aromatic carboxylic acids is 1. The van der Waals surface area contributed by atoms with Gasteiger partial charge < -0.3 is 10.2 Å². The molecule has 20 heavy (non-hydrogen) atoms. The van der Waals surface area contributed by atoms with Gasteiger partial charge in [-0.05, 0) is 43.5 Å². The first kappa shape index (κ1) is 15.0. The second-order valence-corrected chi connectivity index (χ2v) is 6.49. The molecular formula is C15H15ClO3S. The smallest absolute Gasteiger partial charge is 0.336 e. The van der Waals surface area contributed by atoms with Gasteiger partial charge in [-0.2, -0.15) is 0 Å². The minimum Gasteiger partial charge on any atom is -0.478 e. The van der Waals surface area contributed by atoms with Gasteiger partial charge in [-0.3, -0.25) is 0 Å². The summed E-state index contributed by atoms with van der Waals surface area (Å²) < 4.78 is 0.612. The summed E-state index contributed by atoms with van der Waals surface area (Å²) in [5, 5.41) is 19.9. The molecule has 0 aliphatic carbocycles. The van der Waals surface area contributed by atoms with E-state index >= 15 is 0 Å². The molecule has 0 radical (unpaired) electrons. The molecule has 3 nitrogen and oxygen atoms in total. The molecule has 0 saturated carbocycles. The standard InChI is InChI=1S/C15H15ClO3S/c1-7-4-5-8(2)12(15(18)19)11(7)13(17)10-6-9(3)14(16)20-10/h4-6,13,17H,1-3H3,(H,18,19). The van der Waals surface area contributed by atoms with E-state index in [2.05, 4.69) is 0 Å². The maximum Gasteiger partial charge on any atom is 0.336 e. The molecule has 2 N–H and O–H groups in total. The normalized spacial score (nSPS) is 12.4. The highest BCUT2D eigenvalue weighted by Gasteiger charge is 2.24. The molecule has 1 unspecified atom stereocenters. The van der Waals surface area contributed by atoms with Gasteiger partial charge in [-0.25, -0.2) is 4.79 Å². The van der Waals surface area contributed by atoms with Gasteiger partial charge in [-0.1, -0.05) is 23.7 Å². The highest BCUT2D eigenvalue weighted by atomic mass is 35.5. The number of carboxylic acid groups (broad SMARTS) is 1. The van der Waals surface area contributed by atoms with Crippen molar-refractivity contribution in [2.45, 2.75) is 26.9 Å². The predicted octanol–water partition coefficient (Wildman–Crippen LogP) is 4.11. The van der Waals surface area contributed by atoms with Crippen LogP contribution in [0.25, 0.3) is 0 Å². The molecule has 0 saturated heterocycles. The van der Waals surface area contributed by atoms with Crippen molar-refractivity contribution in [3.63, 3.8) is 0 Å².